The van der Waals surface area contributed by atoms with Crippen LogP contribution >= 0.6 is 0 Å². The number of carbonyl (C=O) groups is 1. The van der Waals surface area contributed by atoms with Gasteiger partial charge in [-0.25, -0.2) is 4.79 Å². The molecule has 0 aliphatic rings. The average Bonchev–Trinajstić information content (AvgIpc) is 2.90. The highest BCUT2D eigenvalue weighted by molar-refractivity contribution is 5.88. The Morgan fingerprint density at radius 2 is 1.92 bits per heavy atom. The largest absolute Gasteiger partial charge is 0.411 e. The van der Waals surface area contributed by atoms with Gasteiger partial charge in [-0.1, -0.05) is 29.4 Å². The third-order valence-corrected chi connectivity index (χ3v) is 2.88. The van der Waals surface area contributed by atoms with E-state index in [2.05, 4.69) is 20.5 Å². The summed E-state index contributed by atoms with van der Waals surface area (Å²) in [5.41, 5.74) is 1.41. The third-order valence-electron chi connectivity index (χ3n) is 2.88. The van der Waals surface area contributed by atoms with Gasteiger partial charge in [-0.05, 0) is 18.1 Å². The van der Waals surface area contributed by atoms with E-state index in [9.17, 15) is 18.0 Å². The Bertz CT molecular complexity index is 669. The summed E-state index contributed by atoms with van der Waals surface area (Å²) < 4.78 is 45.3. The van der Waals surface area contributed by atoms with Crippen molar-refractivity contribution in [3.8, 4) is 0 Å². The summed E-state index contributed by atoms with van der Waals surface area (Å²) in [4.78, 5) is 11.7. The molecule has 1 heterocycles. The Balaban J connectivity index is 1.74. The lowest BCUT2D eigenvalue weighted by Crippen LogP contribution is -2.28. The number of aryl methyl sites for hydroxylation is 1. The van der Waals surface area contributed by atoms with Crippen LogP contribution in [0.4, 0.5) is 23.8 Å². The van der Waals surface area contributed by atoms with Gasteiger partial charge in [-0.3, -0.25) is 5.32 Å². The van der Waals surface area contributed by atoms with Crippen LogP contribution in [-0.4, -0.2) is 24.0 Å². The molecule has 0 unspecified atom stereocenters. The Morgan fingerprint density at radius 1 is 1.25 bits per heavy atom. The minimum Gasteiger partial charge on any atom is -0.367 e. The van der Waals surface area contributed by atoms with Crippen molar-refractivity contribution >= 4 is 11.8 Å². The molecule has 2 aromatic rings. The van der Waals surface area contributed by atoms with E-state index in [0.717, 1.165) is 5.56 Å². The number of aromatic nitrogens is 1. The highest BCUT2D eigenvalue weighted by Crippen LogP contribution is 2.15. The molecule has 2 rings (SSSR count). The molecule has 0 radical (unpaired) electrons. The van der Waals surface area contributed by atoms with Crippen LogP contribution < -0.4 is 10.6 Å². The highest BCUT2D eigenvalue weighted by atomic mass is 19.4. The lowest BCUT2D eigenvalue weighted by atomic mass is 10.1. The SMILES string of the molecule is Cc1cc(NC(=O)NCc2ccc(COCC(F)(F)F)cc2)no1. The molecule has 1 aromatic carbocycles. The normalized spacial score (nSPS) is 11.3. The summed E-state index contributed by atoms with van der Waals surface area (Å²) in [6.07, 6.45) is -4.33. The van der Waals surface area contributed by atoms with Crippen molar-refractivity contribution < 1.29 is 27.2 Å². The summed E-state index contributed by atoms with van der Waals surface area (Å²) in [5, 5.41) is 8.76. The van der Waals surface area contributed by atoms with Crippen molar-refractivity contribution in [1.82, 2.24) is 10.5 Å². The quantitative estimate of drug-likeness (QED) is 0.843. The van der Waals surface area contributed by atoms with Crippen molar-refractivity contribution in [2.45, 2.75) is 26.3 Å². The summed E-state index contributed by atoms with van der Waals surface area (Å²) in [6.45, 7) is 0.555. The lowest BCUT2D eigenvalue weighted by molar-refractivity contribution is -0.176. The number of halogens is 3. The fourth-order valence-corrected chi connectivity index (χ4v) is 1.81. The van der Waals surface area contributed by atoms with E-state index in [-0.39, 0.29) is 13.2 Å². The van der Waals surface area contributed by atoms with Crippen molar-refractivity contribution in [2.75, 3.05) is 11.9 Å². The minimum absolute atomic E-state index is 0.126. The third kappa shape index (κ3) is 6.29. The number of urea groups is 1. The van der Waals surface area contributed by atoms with E-state index in [1.54, 1.807) is 37.3 Å². The second kappa shape index (κ2) is 7.82. The van der Waals surface area contributed by atoms with Crippen LogP contribution in [0.3, 0.4) is 0 Å². The Hall–Kier alpha value is -2.55. The number of rotatable bonds is 6. The van der Waals surface area contributed by atoms with Crippen LogP contribution in [0.25, 0.3) is 0 Å². The molecular formula is C15H16F3N3O3. The van der Waals surface area contributed by atoms with Gasteiger partial charge in [0, 0.05) is 12.6 Å². The van der Waals surface area contributed by atoms with Crippen molar-refractivity contribution in [3.63, 3.8) is 0 Å². The van der Waals surface area contributed by atoms with Gasteiger partial charge in [0.25, 0.3) is 0 Å². The molecule has 0 saturated carbocycles. The average molecular weight is 343 g/mol. The first-order valence-electron chi connectivity index (χ1n) is 7.02. The molecule has 0 aliphatic carbocycles. The number of nitrogens with zero attached hydrogens (tertiary/aromatic N) is 1. The molecule has 0 bridgehead atoms. The molecule has 24 heavy (non-hydrogen) atoms. The molecule has 0 spiro atoms. The maximum Gasteiger partial charge on any atom is 0.411 e. The van der Waals surface area contributed by atoms with E-state index in [4.69, 9.17) is 4.52 Å². The molecule has 6 nitrogen and oxygen atoms in total. The summed E-state index contributed by atoms with van der Waals surface area (Å²) in [5.74, 6) is 0.885. The van der Waals surface area contributed by atoms with Crippen LogP contribution in [0.15, 0.2) is 34.9 Å². The second-order valence-electron chi connectivity index (χ2n) is 5.05. The molecule has 1 aromatic heterocycles. The predicted octanol–water partition coefficient (Wildman–Crippen LogP) is 3.38. The minimum atomic E-state index is -4.33. The molecule has 0 saturated heterocycles. The number of nitrogens with one attached hydrogen (secondary N) is 2. The van der Waals surface area contributed by atoms with E-state index in [1.165, 1.54) is 0 Å². The fourth-order valence-electron chi connectivity index (χ4n) is 1.81. The molecule has 2 N–H and O–H groups in total. The zero-order valence-corrected chi connectivity index (χ0v) is 12.8. The van der Waals surface area contributed by atoms with Crippen LogP contribution in [0.5, 0.6) is 0 Å². The van der Waals surface area contributed by atoms with Crippen LogP contribution in [-0.2, 0) is 17.9 Å². The van der Waals surface area contributed by atoms with Gasteiger partial charge in [-0.2, -0.15) is 13.2 Å². The second-order valence-corrected chi connectivity index (χ2v) is 5.05. The Kier molecular flexibility index (Phi) is 5.80. The zero-order valence-electron chi connectivity index (χ0n) is 12.8. The number of amides is 2. The first-order chi connectivity index (χ1) is 11.3. The van der Waals surface area contributed by atoms with E-state index in [0.29, 0.717) is 17.1 Å². The maximum absolute atomic E-state index is 12.0. The summed E-state index contributed by atoms with van der Waals surface area (Å²) in [6, 6.07) is 7.83. The number of ether oxygens (including phenoxy) is 1. The molecule has 0 aliphatic heterocycles. The standard InChI is InChI=1S/C15H16F3N3O3/c1-10-6-13(21-24-10)20-14(22)19-7-11-2-4-12(5-3-11)8-23-9-15(16,17)18/h2-6H,7-9H2,1H3,(H2,19,20,21,22). The Morgan fingerprint density at radius 3 is 2.50 bits per heavy atom. The van der Waals surface area contributed by atoms with E-state index >= 15 is 0 Å². The molecular weight excluding hydrogens is 327 g/mol. The Labute approximate surface area is 136 Å². The fraction of sp³-hybridized carbons (Fsp3) is 0.333. The first-order valence-corrected chi connectivity index (χ1v) is 7.02. The van der Waals surface area contributed by atoms with Gasteiger partial charge in [0.2, 0.25) is 0 Å². The molecule has 0 atom stereocenters. The van der Waals surface area contributed by atoms with Gasteiger partial charge < -0.3 is 14.6 Å². The number of carbonyl (C=O) groups excluding carboxylic acids is 1. The van der Waals surface area contributed by atoms with Gasteiger partial charge in [-0.15, -0.1) is 0 Å². The summed E-state index contributed by atoms with van der Waals surface area (Å²) in [7, 11) is 0. The van der Waals surface area contributed by atoms with Crippen LogP contribution in [0.2, 0.25) is 0 Å². The number of anilines is 1. The predicted molar refractivity (Wildman–Crippen MR) is 79.3 cm³/mol. The smallest absolute Gasteiger partial charge is 0.367 e. The van der Waals surface area contributed by atoms with Gasteiger partial charge >= 0.3 is 12.2 Å². The monoisotopic (exact) mass is 343 g/mol. The first kappa shape index (κ1) is 17.8. The van der Waals surface area contributed by atoms with Crippen molar-refractivity contribution in [1.29, 1.82) is 0 Å². The van der Waals surface area contributed by atoms with Crippen molar-refractivity contribution in [2.24, 2.45) is 0 Å². The molecule has 2 amide bonds. The van der Waals surface area contributed by atoms with Gasteiger partial charge in [0.1, 0.15) is 12.4 Å². The number of benzene rings is 1. The molecule has 130 valence electrons. The van der Waals surface area contributed by atoms with Crippen LogP contribution in [0, 0.1) is 6.92 Å². The van der Waals surface area contributed by atoms with Crippen molar-refractivity contribution in [3.05, 3.63) is 47.2 Å². The van der Waals surface area contributed by atoms with E-state index < -0.39 is 18.8 Å². The van der Waals surface area contributed by atoms with Gasteiger partial charge in [0.15, 0.2) is 5.82 Å². The van der Waals surface area contributed by atoms with Crippen LogP contribution in [0.1, 0.15) is 16.9 Å². The molecule has 0 fully saturated rings. The lowest BCUT2D eigenvalue weighted by Gasteiger charge is -2.09. The number of hydrogen-bond acceptors (Lipinski definition) is 4. The zero-order chi connectivity index (χ0) is 17.6. The topological polar surface area (TPSA) is 76.4 Å². The number of hydrogen-bond donors (Lipinski definition) is 2. The highest BCUT2D eigenvalue weighted by Gasteiger charge is 2.27. The maximum atomic E-state index is 12.0. The summed E-state index contributed by atoms with van der Waals surface area (Å²) >= 11 is 0. The number of alkyl halides is 3. The van der Waals surface area contributed by atoms with Gasteiger partial charge in [0.05, 0.1) is 6.61 Å². The van der Waals surface area contributed by atoms with E-state index in [1.807, 2.05) is 0 Å². The molecule has 9 heteroatoms.